The maximum atomic E-state index is 12.1. The van der Waals surface area contributed by atoms with Crippen LogP contribution in [0.25, 0.3) is 10.6 Å². The molecule has 0 aromatic carbocycles. The van der Waals surface area contributed by atoms with Gasteiger partial charge >= 0.3 is 12.0 Å². The minimum Gasteiger partial charge on any atom is -0.464 e. The number of nitrogens with one attached hydrogen (secondary N) is 2. The van der Waals surface area contributed by atoms with Crippen molar-refractivity contribution in [2.75, 3.05) is 11.9 Å². The number of aryl methyl sites for hydroxylation is 1. The van der Waals surface area contributed by atoms with Crippen molar-refractivity contribution in [1.29, 1.82) is 0 Å². The summed E-state index contributed by atoms with van der Waals surface area (Å²) in [6.45, 7) is 8.35. The first-order valence-electron chi connectivity index (χ1n) is 8.29. The van der Waals surface area contributed by atoms with E-state index in [2.05, 4.69) is 46.4 Å². The van der Waals surface area contributed by atoms with Gasteiger partial charge in [0.1, 0.15) is 11.9 Å². The molecule has 2 aromatic heterocycles. The molecule has 2 amide bonds. The van der Waals surface area contributed by atoms with Crippen molar-refractivity contribution >= 4 is 28.5 Å². The second-order valence-electron chi connectivity index (χ2n) is 7.06. The van der Waals surface area contributed by atoms with Crippen LogP contribution in [0.3, 0.4) is 0 Å². The lowest BCUT2D eigenvalue weighted by molar-refractivity contribution is -0.139. The molecule has 1 unspecified atom stereocenters. The number of ether oxygens (including phenoxy) is 1. The van der Waals surface area contributed by atoms with Gasteiger partial charge in [-0.3, -0.25) is 5.32 Å². The maximum Gasteiger partial charge on any atom is 0.328 e. The average molecular weight is 375 g/mol. The van der Waals surface area contributed by atoms with E-state index in [4.69, 9.17) is 4.74 Å². The zero-order valence-corrected chi connectivity index (χ0v) is 15.9. The zero-order chi connectivity index (χ0) is 18.9. The van der Waals surface area contributed by atoms with Crippen LogP contribution in [0.4, 0.5) is 9.93 Å². The summed E-state index contributed by atoms with van der Waals surface area (Å²) in [6, 6.07) is 0.743. The lowest BCUT2D eigenvalue weighted by Gasteiger charge is -2.16. The number of anilines is 1. The van der Waals surface area contributed by atoms with Crippen LogP contribution in [0, 0.1) is 6.92 Å². The summed E-state index contributed by atoms with van der Waals surface area (Å²) in [5.41, 5.74) is 1.38. The molecule has 2 N–H and O–H groups in total. The SMILES string of the molecule is Cc1nc(NC(=O)NC2CCOC2=O)sc1-c1ccnc(C(C)(C)C)n1. The van der Waals surface area contributed by atoms with Gasteiger partial charge in [-0.2, -0.15) is 0 Å². The number of hydrogen-bond acceptors (Lipinski definition) is 7. The number of esters is 1. The summed E-state index contributed by atoms with van der Waals surface area (Å²) in [7, 11) is 0. The molecule has 138 valence electrons. The topological polar surface area (TPSA) is 106 Å². The Kier molecular flexibility index (Phi) is 4.90. The summed E-state index contributed by atoms with van der Waals surface area (Å²) >= 11 is 1.33. The van der Waals surface area contributed by atoms with Crippen molar-refractivity contribution < 1.29 is 14.3 Å². The molecule has 1 aliphatic heterocycles. The third kappa shape index (κ3) is 3.98. The summed E-state index contributed by atoms with van der Waals surface area (Å²) < 4.78 is 4.83. The number of rotatable bonds is 3. The predicted octanol–water partition coefficient (Wildman–Crippen LogP) is 2.64. The fraction of sp³-hybridized carbons (Fsp3) is 0.471. The van der Waals surface area contributed by atoms with Gasteiger partial charge in [-0.1, -0.05) is 32.1 Å². The number of urea groups is 1. The smallest absolute Gasteiger partial charge is 0.328 e. The van der Waals surface area contributed by atoms with Crippen LogP contribution in [-0.4, -0.2) is 39.6 Å². The Morgan fingerprint density at radius 2 is 2.12 bits per heavy atom. The van der Waals surface area contributed by atoms with E-state index in [9.17, 15) is 9.59 Å². The molecule has 0 radical (unpaired) electrons. The normalized spacial score (nSPS) is 17.1. The molecular formula is C17H21N5O3S. The molecule has 3 heterocycles. The van der Waals surface area contributed by atoms with Gasteiger partial charge in [0.15, 0.2) is 5.13 Å². The molecule has 0 aliphatic carbocycles. The number of amides is 2. The van der Waals surface area contributed by atoms with E-state index in [0.29, 0.717) is 18.2 Å². The van der Waals surface area contributed by atoms with Crippen LogP contribution >= 0.6 is 11.3 Å². The van der Waals surface area contributed by atoms with E-state index in [1.165, 1.54) is 11.3 Å². The molecule has 2 aromatic rings. The molecule has 26 heavy (non-hydrogen) atoms. The highest BCUT2D eigenvalue weighted by Gasteiger charge is 2.28. The summed E-state index contributed by atoms with van der Waals surface area (Å²) in [6.07, 6.45) is 2.21. The third-order valence-electron chi connectivity index (χ3n) is 3.82. The Labute approximate surface area is 155 Å². The molecule has 0 bridgehead atoms. The number of cyclic esters (lactones) is 1. The first-order valence-corrected chi connectivity index (χ1v) is 9.11. The van der Waals surface area contributed by atoms with Gasteiger partial charge in [0, 0.05) is 18.0 Å². The third-order valence-corrected chi connectivity index (χ3v) is 4.91. The van der Waals surface area contributed by atoms with E-state index in [0.717, 1.165) is 22.1 Å². The zero-order valence-electron chi connectivity index (χ0n) is 15.1. The number of nitrogens with zero attached hydrogens (tertiary/aromatic N) is 3. The predicted molar refractivity (Wildman–Crippen MR) is 98.1 cm³/mol. The Balaban J connectivity index is 1.75. The van der Waals surface area contributed by atoms with E-state index in [1.54, 1.807) is 6.20 Å². The second-order valence-corrected chi connectivity index (χ2v) is 8.06. The highest BCUT2D eigenvalue weighted by molar-refractivity contribution is 7.19. The van der Waals surface area contributed by atoms with Crippen LogP contribution in [-0.2, 0) is 14.9 Å². The molecule has 3 rings (SSSR count). The van der Waals surface area contributed by atoms with Gasteiger partial charge in [-0.25, -0.2) is 24.5 Å². The number of carbonyl (C=O) groups is 2. The summed E-state index contributed by atoms with van der Waals surface area (Å²) in [4.78, 5) is 37.7. The van der Waals surface area contributed by atoms with Gasteiger partial charge in [0.2, 0.25) is 0 Å². The van der Waals surface area contributed by atoms with Gasteiger partial charge in [0.25, 0.3) is 0 Å². The Bertz CT molecular complexity index is 843. The Morgan fingerprint density at radius 1 is 1.35 bits per heavy atom. The van der Waals surface area contributed by atoms with Crippen molar-refractivity contribution in [3.8, 4) is 10.6 Å². The van der Waals surface area contributed by atoms with Gasteiger partial charge in [-0.15, -0.1) is 0 Å². The fourth-order valence-electron chi connectivity index (χ4n) is 2.45. The fourth-order valence-corrected chi connectivity index (χ4v) is 3.38. The molecular weight excluding hydrogens is 354 g/mol. The van der Waals surface area contributed by atoms with Crippen LogP contribution < -0.4 is 10.6 Å². The summed E-state index contributed by atoms with van der Waals surface area (Å²) in [5.74, 6) is 0.335. The van der Waals surface area contributed by atoms with E-state index in [1.807, 2.05) is 13.0 Å². The van der Waals surface area contributed by atoms with Gasteiger partial charge in [0.05, 0.1) is 22.9 Å². The minimum atomic E-state index is -0.605. The van der Waals surface area contributed by atoms with Crippen LogP contribution in [0.5, 0.6) is 0 Å². The maximum absolute atomic E-state index is 12.1. The number of carbonyl (C=O) groups excluding carboxylic acids is 2. The standard InChI is InChI=1S/C17H21N5O3S/c1-9-12(10-5-7-18-14(20-10)17(2,3)4)26-16(19-9)22-15(24)21-11-6-8-25-13(11)23/h5,7,11H,6,8H2,1-4H3,(H2,19,21,22,24). The average Bonchev–Trinajstić information content (AvgIpc) is 3.12. The number of thiazole rings is 1. The van der Waals surface area contributed by atoms with Gasteiger partial charge < -0.3 is 10.1 Å². The van der Waals surface area contributed by atoms with E-state index in [-0.39, 0.29) is 5.41 Å². The Morgan fingerprint density at radius 3 is 2.77 bits per heavy atom. The van der Waals surface area contributed by atoms with Crippen LogP contribution in [0.2, 0.25) is 0 Å². The molecule has 1 atom stereocenters. The monoisotopic (exact) mass is 375 g/mol. The molecule has 9 heteroatoms. The lowest BCUT2D eigenvalue weighted by Crippen LogP contribution is -2.40. The molecule has 8 nitrogen and oxygen atoms in total. The Hall–Kier alpha value is -2.55. The van der Waals surface area contributed by atoms with Crippen molar-refractivity contribution in [2.45, 2.75) is 45.6 Å². The first-order chi connectivity index (χ1) is 12.2. The number of aromatic nitrogens is 3. The highest BCUT2D eigenvalue weighted by atomic mass is 32.1. The van der Waals surface area contributed by atoms with E-state index < -0.39 is 18.0 Å². The van der Waals surface area contributed by atoms with Crippen molar-refractivity contribution in [1.82, 2.24) is 20.3 Å². The molecule has 0 spiro atoms. The summed E-state index contributed by atoms with van der Waals surface area (Å²) in [5, 5.41) is 5.70. The lowest BCUT2D eigenvalue weighted by atomic mass is 9.95. The largest absolute Gasteiger partial charge is 0.464 e. The first kappa shape index (κ1) is 18.2. The molecule has 1 saturated heterocycles. The van der Waals surface area contributed by atoms with Gasteiger partial charge in [-0.05, 0) is 13.0 Å². The minimum absolute atomic E-state index is 0.161. The molecule has 1 aliphatic rings. The highest BCUT2D eigenvalue weighted by Crippen LogP contribution is 2.32. The van der Waals surface area contributed by atoms with Crippen molar-refractivity contribution in [3.05, 3.63) is 23.8 Å². The molecule has 1 fully saturated rings. The van der Waals surface area contributed by atoms with Crippen LogP contribution in [0.15, 0.2) is 12.3 Å². The quantitative estimate of drug-likeness (QED) is 0.799. The van der Waals surface area contributed by atoms with Crippen LogP contribution in [0.1, 0.15) is 38.7 Å². The van der Waals surface area contributed by atoms with Crippen molar-refractivity contribution in [3.63, 3.8) is 0 Å². The molecule has 0 saturated carbocycles. The van der Waals surface area contributed by atoms with E-state index >= 15 is 0 Å². The second kappa shape index (κ2) is 6.99. The number of hydrogen-bond donors (Lipinski definition) is 2. The van der Waals surface area contributed by atoms with Crippen molar-refractivity contribution in [2.24, 2.45) is 0 Å².